The van der Waals surface area contributed by atoms with E-state index in [1.165, 1.54) is 0 Å². The number of anilines is 3. The van der Waals surface area contributed by atoms with Gasteiger partial charge in [0, 0.05) is 31.9 Å². The Morgan fingerprint density at radius 3 is 2.43 bits per heavy atom. The maximum absolute atomic E-state index is 14.0. The highest BCUT2D eigenvalue weighted by Gasteiger charge is 2.15. The quantitative estimate of drug-likeness (QED) is 0.431. The predicted molar refractivity (Wildman–Crippen MR) is 102 cm³/mol. The average molecular weight is 388 g/mol. The predicted octanol–water partition coefficient (Wildman–Crippen LogP) is 4.75. The monoisotopic (exact) mass is 388 g/mol. The third-order valence-corrected chi connectivity index (χ3v) is 3.89. The van der Waals surface area contributed by atoms with Crippen molar-refractivity contribution in [3.63, 3.8) is 0 Å². The van der Waals surface area contributed by atoms with E-state index in [1.54, 1.807) is 13.2 Å². The first-order valence-corrected chi connectivity index (χ1v) is 8.66. The van der Waals surface area contributed by atoms with Crippen LogP contribution in [0.5, 0.6) is 0 Å². The summed E-state index contributed by atoms with van der Waals surface area (Å²) < 4.78 is 45.7. The SMILES string of the molecule is COCCCNc1cc(Nc2ccc(F)c(F)c2F)nc(-c2ccccc2)n1. The fraction of sp³-hybridized carbons (Fsp3) is 0.200. The van der Waals surface area contributed by atoms with Gasteiger partial charge < -0.3 is 15.4 Å². The van der Waals surface area contributed by atoms with Crippen molar-refractivity contribution in [2.45, 2.75) is 6.42 Å². The molecule has 0 aliphatic heterocycles. The van der Waals surface area contributed by atoms with Crippen molar-refractivity contribution < 1.29 is 17.9 Å². The van der Waals surface area contributed by atoms with Crippen LogP contribution in [0.2, 0.25) is 0 Å². The van der Waals surface area contributed by atoms with E-state index >= 15 is 0 Å². The normalized spacial score (nSPS) is 10.7. The molecule has 2 N–H and O–H groups in total. The van der Waals surface area contributed by atoms with Crippen LogP contribution in [0.25, 0.3) is 11.4 Å². The highest BCUT2D eigenvalue weighted by molar-refractivity contribution is 5.65. The number of nitrogens with zero attached hydrogens (tertiary/aromatic N) is 2. The minimum Gasteiger partial charge on any atom is -0.385 e. The number of nitrogens with one attached hydrogen (secondary N) is 2. The van der Waals surface area contributed by atoms with Crippen molar-refractivity contribution in [2.75, 3.05) is 30.9 Å². The third kappa shape index (κ3) is 4.77. The van der Waals surface area contributed by atoms with Crippen molar-refractivity contribution in [2.24, 2.45) is 0 Å². The second kappa shape index (κ2) is 9.18. The number of rotatable bonds is 8. The van der Waals surface area contributed by atoms with Crippen molar-refractivity contribution in [3.8, 4) is 11.4 Å². The fourth-order valence-corrected chi connectivity index (χ4v) is 2.51. The lowest BCUT2D eigenvalue weighted by molar-refractivity contribution is 0.198. The topological polar surface area (TPSA) is 59.1 Å². The van der Waals surface area contributed by atoms with Gasteiger partial charge in [0.1, 0.15) is 11.6 Å². The smallest absolute Gasteiger partial charge is 0.196 e. The molecule has 1 aromatic heterocycles. The van der Waals surface area contributed by atoms with Crippen LogP contribution in [0, 0.1) is 17.5 Å². The number of ether oxygens (including phenoxy) is 1. The van der Waals surface area contributed by atoms with Crippen molar-refractivity contribution >= 4 is 17.3 Å². The molecular weight excluding hydrogens is 369 g/mol. The number of halogens is 3. The Hall–Kier alpha value is -3.13. The molecule has 0 saturated heterocycles. The summed E-state index contributed by atoms with van der Waals surface area (Å²) in [5.74, 6) is -2.95. The van der Waals surface area contributed by atoms with E-state index in [0.717, 1.165) is 24.1 Å². The van der Waals surface area contributed by atoms with Crippen LogP contribution in [0.15, 0.2) is 48.5 Å². The lowest BCUT2D eigenvalue weighted by Crippen LogP contribution is -2.08. The van der Waals surface area contributed by atoms with Crippen LogP contribution in [0.1, 0.15) is 6.42 Å². The minimum absolute atomic E-state index is 0.220. The zero-order valence-corrected chi connectivity index (χ0v) is 15.2. The maximum Gasteiger partial charge on any atom is 0.196 e. The van der Waals surface area contributed by atoms with E-state index in [4.69, 9.17) is 4.74 Å². The Morgan fingerprint density at radius 2 is 1.68 bits per heavy atom. The molecular formula is C20H19F3N4O. The molecule has 146 valence electrons. The second-order valence-electron chi connectivity index (χ2n) is 5.95. The molecule has 0 atom stereocenters. The molecule has 0 spiro atoms. The molecule has 0 amide bonds. The lowest BCUT2D eigenvalue weighted by Gasteiger charge is -2.12. The Labute approximate surface area is 160 Å². The highest BCUT2D eigenvalue weighted by atomic mass is 19.2. The van der Waals surface area contributed by atoms with Crippen molar-refractivity contribution in [1.29, 1.82) is 0 Å². The van der Waals surface area contributed by atoms with Crippen LogP contribution < -0.4 is 10.6 Å². The van der Waals surface area contributed by atoms with Gasteiger partial charge in [0.2, 0.25) is 0 Å². The molecule has 0 radical (unpaired) electrons. The van der Waals surface area contributed by atoms with E-state index in [-0.39, 0.29) is 11.5 Å². The zero-order chi connectivity index (χ0) is 19.9. The zero-order valence-electron chi connectivity index (χ0n) is 15.2. The third-order valence-electron chi connectivity index (χ3n) is 3.89. The maximum atomic E-state index is 14.0. The van der Waals surface area contributed by atoms with Crippen LogP contribution in [-0.4, -0.2) is 30.2 Å². The van der Waals surface area contributed by atoms with E-state index in [2.05, 4.69) is 20.6 Å². The van der Waals surface area contributed by atoms with Crippen LogP contribution >= 0.6 is 0 Å². The first-order valence-electron chi connectivity index (χ1n) is 8.66. The standard InChI is InChI=1S/C20H19F3N4O/c1-28-11-5-10-24-16-12-17(25-15-9-8-14(21)18(22)19(15)23)27-20(26-16)13-6-3-2-4-7-13/h2-4,6-9,12H,5,10-11H2,1H3,(H2,24,25,26,27). The summed E-state index contributed by atoms with van der Waals surface area (Å²) in [6, 6.07) is 12.8. The number of aromatic nitrogens is 2. The summed E-state index contributed by atoms with van der Waals surface area (Å²) >= 11 is 0. The summed E-state index contributed by atoms with van der Waals surface area (Å²) in [6.45, 7) is 1.20. The molecule has 0 fully saturated rings. The molecule has 0 bridgehead atoms. The molecule has 2 aromatic carbocycles. The number of benzene rings is 2. The van der Waals surface area contributed by atoms with Crippen molar-refractivity contribution in [3.05, 3.63) is 66.0 Å². The molecule has 0 aliphatic carbocycles. The largest absolute Gasteiger partial charge is 0.385 e. The lowest BCUT2D eigenvalue weighted by atomic mass is 10.2. The Kier molecular flexibility index (Phi) is 6.44. The molecule has 3 rings (SSSR count). The number of hydrogen-bond acceptors (Lipinski definition) is 5. The highest BCUT2D eigenvalue weighted by Crippen LogP contribution is 2.26. The first-order chi connectivity index (χ1) is 13.6. The Bertz CT molecular complexity index is 938. The van der Waals surface area contributed by atoms with Gasteiger partial charge in [-0.2, -0.15) is 0 Å². The molecule has 1 heterocycles. The van der Waals surface area contributed by atoms with Crippen LogP contribution in [-0.2, 0) is 4.74 Å². The Morgan fingerprint density at radius 1 is 0.929 bits per heavy atom. The summed E-state index contributed by atoms with van der Waals surface area (Å²) in [5.41, 5.74) is 0.541. The first kappa shape index (κ1) is 19.6. The van der Waals surface area contributed by atoms with Gasteiger partial charge in [-0.05, 0) is 18.6 Å². The van der Waals surface area contributed by atoms with Gasteiger partial charge in [-0.3, -0.25) is 0 Å². The molecule has 8 heteroatoms. The Balaban J connectivity index is 1.92. The van der Waals surface area contributed by atoms with E-state index in [1.807, 2.05) is 30.3 Å². The molecule has 0 aliphatic rings. The van der Waals surface area contributed by atoms with Gasteiger partial charge in [0.05, 0.1) is 5.69 Å². The summed E-state index contributed by atoms with van der Waals surface area (Å²) in [5, 5.41) is 5.85. The fourth-order valence-electron chi connectivity index (χ4n) is 2.51. The summed E-state index contributed by atoms with van der Waals surface area (Å²) in [6.07, 6.45) is 0.766. The van der Waals surface area contributed by atoms with Crippen LogP contribution in [0.4, 0.5) is 30.5 Å². The average Bonchev–Trinajstić information content (AvgIpc) is 2.72. The van der Waals surface area contributed by atoms with Crippen LogP contribution in [0.3, 0.4) is 0 Å². The van der Waals surface area contributed by atoms with E-state index < -0.39 is 17.5 Å². The van der Waals surface area contributed by atoms with E-state index in [9.17, 15) is 13.2 Å². The van der Waals surface area contributed by atoms with Gasteiger partial charge in [-0.15, -0.1) is 0 Å². The van der Waals surface area contributed by atoms with E-state index in [0.29, 0.717) is 24.8 Å². The van der Waals surface area contributed by atoms with Crippen molar-refractivity contribution in [1.82, 2.24) is 9.97 Å². The molecule has 3 aromatic rings. The summed E-state index contributed by atoms with van der Waals surface area (Å²) in [7, 11) is 1.62. The van der Waals surface area contributed by atoms with Gasteiger partial charge in [-0.25, -0.2) is 23.1 Å². The second-order valence-corrected chi connectivity index (χ2v) is 5.95. The van der Waals surface area contributed by atoms with Gasteiger partial charge in [-0.1, -0.05) is 30.3 Å². The minimum atomic E-state index is -1.54. The number of methoxy groups -OCH3 is 1. The molecule has 0 unspecified atom stereocenters. The summed E-state index contributed by atoms with van der Waals surface area (Å²) in [4.78, 5) is 8.83. The van der Waals surface area contributed by atoms with Gasteiger partial charge in [0.25, 0.3) is 0 Å². The number of hydrogen-bond donors (Lipinski definition) is 2. The molecule has 28 heavy (non-hydrogen) atoms. The molecule has 0 saturated carbocycles. The van der Waals surface area contributed by atoms with Gasteiger partial charge in [0.15, 0.2) is 23.3 Å². The molecule has 5 nitrogen and oxygen atoms in total. The van der Waals surface area contributed by atoms with Gasteiger partial charge >= 0.3 is 0 Å².